The van der Waals surface area contributed by atoms with Gasteiger partial charge in [0.25, 0.3) is 0 Å². The summed E-state index contributed by atoms with van der Waals surface area (Å²) in [5.41, 5.74) is -0.890. The molecule has 0 aromatic rings. The summed E-state index contributed by atoms with van der Waals surface area (Å²) in [5, 5.41) is 22.0. The summed E-state index contributed by atoms with van der Waals surface area (Å²) in [6.07, 6.45) is 5.20. The Hall–Kier alpha value is -0.410. The van der Waals surface area contributed by atoms with Gasteiger partial charge in [-0.15, -0.1) is 0 Å². The van der Waals surface area contributed by atoms with E-state index >= 15 is 0 Å². The molecule has 4 unspecified atom stereocenters. The average molecular weight is 347 g/mol. The molecule has 0 radical (unpaired) electrons. The minimum absolute atomic E-state index is 0.0789. The van der Waals surface area contributed by atoms with Gasteiger partial charge in [0.05, 0.1) is 11.7 Å². The summed E-state index contributed by atoms with van der Waals surface area (Å²) < 4.78 is 0. The van der Waals surface area contributed by atoms with Gasteiger partial charge in [0.15, 0.2) is 0 Å². The lowest BCUT2D eigenvalue weighted by molar-refractivity contribution is -0.226. The van der Waals surface area contributed by atoms with E-state index in [4.69, 9.17) is 0 Å². The normalized spacial score (nSPS) is 65.6. The molecule has 5 aliphatic carbocycles. The number of aliphatic hydroxyl groups excluding tert-OH is 1. The lowest BCUT2D eigenvalue weighted by Crippen LogP contribution is -2.64. The molecule has 140 valence electrons. The Morgan fingerprint density at radius 3 is 2.52 bits per heavy atom. The van der Waals surface area contributed by atoms with Crippen molar-refractivity contribution in [3.8, 4) is 0 Å². The van der Waals surface area contributed by atoms with Crippen molar-refractivity contribution in [1.29, 1.82) is 0 Å². The fraction of sp³-hybridized carbons (Fsp3) is 0.955. The second-order valence-electron chi connectivity index (χ2n) is 10.9. The van der Waals surface area contributed by atoms with E-state index in [1.54, 1.807) is 0 Å². The van der Waals surface area contributed by atoms with Crippen LogP contribution in [0.25, 0.3) is 0 Å². The number of aliphatic hydroxyl groups is 2. The molecule has 11 atom stereocenters. The number of hydrogen-bond acceptors (Lipinski definition) is 3. The van der Waals surface area contributed by atoms with Crippen molar-refractivity contribution in [3.05, 3.63) is 0 Å². The van der Waals surface area contributed by atoms with Crippen LogP contribution in [0, 0.1) is 52.3 Å². The quantitative estimate of drug-likeness (QED) is 0.706. The fourth-order valence-electron chi connectivity index (χ4n) is 8.73. The van der Waals surface area contributed by atoms with Crippen LogP contribution in [0.4, 0.5) is 0 Å². The minimum Gasteiger partial charge on any atom is -0.393 e. The van der Waals surface area contributed by atoms with Crippen LogP contribution in [0.2, 0.25) is 0 Å². The highest BCUT2D eigenvalue weighted by atomic mass is 16.3. The Balaban J connectivity index is 1.59. The third kappa shape index (κ3) is 1.74. The van der Waals surface area contributed by atoms with Gasteiger partial charge in [-0.05, 0) is 73.0 Å². The predicted molar refractivity (Wildman–Crippen MR) is 95.7 cm³/mol. The molecule has 25 heavy (non-hydrogen) atoms. The van der Waals surface area contributed by atoms with E-state index in [9.17, 15) is 15.0 Å². The van der Waals surface area contributed by atoms with Gasteiger partial charge in [0, 0.05) is 17.8 Å². The van der Waals surface area contributed by atoms with E-state index in [0.29, 0.717) is 47.7 Å². The van der Waals surface area contributed by atoms with Gasteiger partial charge in [-0.25, -0.2) is 0 Å². The Bertz CT molecular complexity index is 631. The summed E-state index contributed by atoms with van der Waals surface area (Å²) in [6.45, 7) is 9.03. The number of ketones is 1. The van der Waals surface area contributed by atoms with Crippen LogP contribution >= 0.6 is 0 Å². The smallest absolute Gasteiger partial charge is 0.142 e. The number of carbonyl (C=O) groups excluding carboxylic acids is 1. The van der Waals surface area contributed by atoms with Crippen molar-refractivity contribution < 1.29 is 15.0 Å². The van der Waals surface area contributed by atoms with Gasteiger partial charge in [0.2, 0.25) is 0 Å². The molecule has 3 heteroatoms. The van der Waals surface area contributed by atoms with Crippen molar-refractivity contribution in [2.45, 2.75) is 77.9 Å². The first-order chi connectivity index (χ1) is 11.6. The Labute approximate surface area is 151 Å². The summed E-state index contributed by atoms with van der Waals surface area (Å²) in [6, 6.07) is 0. The van der Waals surface area contributed by atoms with Crippen LogP contribution in [-0.2, 0) is 4.79 Å². The van der Waals surface area contributed by atoms with Crippen LogP contribution in [0.3, 0.4) is 0 Å². The second-order valence-corrected chi connectivity index (χ2v) is 10.9. The highest BCUT2D eigenvalue weighted by molar-refractivity contribution is 5.89. The van der Waals surface area contributed by atoms with Crippen molar-refractivity contribution in [2.75, 3.05) is 0 Å². The lowest BCUT2D eigenvalue weighted by Gasteiger charge is -2.63. The molecule has 2 N–H and O–H groups in total. The van der Waals surface area contributed by atoms with Crippen LogP contribution in [0.5, 0.6) is 0 Å². The van der Waals surface area contributed by atoms with Crippen LogP contribution < -0.4 is 0 Å². The zero-order chi connectivity index (χ0) is 17.9. The second kappa shape index (κ2) is 4.70. The van der Waals surface area contributed by atoms with E-state index < -0.39 is 5.60 Å². The van der Waals surface area contributed by atoms with E-state index in [0.717, 1.165) is 32.1 Å². The molecule has 5 fully saturated rings. The van der Waals surface area contributed by atoms with Crippen molar-refractivity contribution in [1.82, 2.24) is 0 Å². The maximum Gasteiger partial charge on any atom is 0.142 e. The van der Waals surface area contributed by atoms with Crippen molar-refractivity contribution in [2.24, 2.45) is 52.3 Å². The van der Waals surface area contributed by atoms with Crippen molar-refractivity contribution >= 4 is 5.78 Å². The van der Waals surface area contributed by atoms with E-state index in [1.807, 2.05) is 0 Å². The van der Waals surface area contributed by atoms with Gasteiger partial charge in [0.1, 0.15) is 5.78 Å². The monoisotopic (exact) mass is 346 g/mol. The molecule has 5 rings (SSSR count). The maximum atomic E-state index is 13.1. The fourth-order valence-corrected chi connectivity index (χ4v) is 8.73. The van der Waals surface area contributed by atoms with E-state index in [2.05, 4.69) is 27.7 Å². The topological polar surface area (TPSA) is 57.5 Å². The molecule has 5 aliphatic rings. The van der Waals surface area contributed by atoms with Crippen LogP contribution in [0.15, 0.2) is 0 Å². The number of fused-ring (bicyclic) bond motifs is 8. The molecule has 0 aliphatic heterocycles. The van der Waals surface area contributed by atoms with Crippen molar-refractivity contribution in [3.63, 3.8) is 0 Å². The SMILES string of the molecule is CC1C(=O)[C@@]2(C)CCC3C(C2[C@@H]1C)[C@H]1C[C@H]1[C@]1(O)C[C@@H](O)CC[C@]31C. The van der Waals surface area contributed by atoms with E-state index in [1.165, 1.54) is 0 Å². The predicted octanol–water partition coefficient (Wildman–Crippen LogP) is 3.42. The highest BCUT2D eigenvalue weighted by Crippen LogP contribution is 2.76. The third-order valence-corrected chi connectivity index (χ3v) is 10.2. The van der Waals surface area contributed by atoms with Gasteiger partial charge < -0.3 is 10.2 Å². The third-order valence-electron chi connectivity index (χ3n) is 10.2. The summed E-state index contributed by atoms with van der Waals surface area (Å²) in [5.74, 6) is 3.72. The van der Waals surface area contributed by atoms with Gasteiger partial charge in [-0.3, -0.25) is 4.79 Å². The number of rotatable bonds is 0. The molecular weight excluding hydrogens is 312 g/mol. The molecular formula is C22H34O3. The summed E-state index contributed by atoms with van der Waals surface area (Å²) in [4.78, 5) is 13.1. The van der Waals surface area contributed by atoms with Crippen LogP contribution in [0.1, 0.15) is 66.2 Å². The lowest BCUT2D eigenvalue weighted by atomic mass is 9.43. The first-order valence-electron chi connectivity index (χ1n) is 10.6. The molecule has 0 amide bonds. The summed E-state index contributed by atoms with van der Waals surface area (Å²) >= 11 is 0. The van der Waals surface area contributed by atoms with Gasteiger partial charge in [-0.1, -0.05) is 27.7 Å². The van der Waals surface area contributed by atoms with Crippen LogP contribution in [-0.4, -0.2) is 27.7 Å². The first kappa shape index (κ1) is 16.7. The summed E-state index contributed by atoms with van der Waals surface area (Å²) in [7, 11) is 0. The minimum atomic E-state index is -0.679. The number of hydrogen-bond donors (Lipinski definition) is 2. The zero-order valence-corrected chi connectivity index (χ0v) is 16.2. The van der Waals surface area contributed by atoms with Gasteiger partial charge in [-0.2, -0.15) is 0 Å². The Kier molecular flexibility index (Phi) is 3.15. The maximum absolute atomic E-state index is 13.1. The van der Waals surface area contributed by atoms with E-state index in [-0.39, 0.29) is 22.9 Å². The largest absolute Gasteiger partial charge is 0.393 e. The standard InChI is InChI=1S/C22H34O3/c1-11-12(2)19(24)20(3)7-6-15-17(18(11)20)14-9-16(14)22(25)10-13(23)5-8-21(15,22)4/h11-18,23,25H,5-10H2,1-4H3/t11-,12?,13+,14+,15?,16-,17?,18?,20+,21-,22-/m1/s1. The molecule has 0 aromatic carbocycles. The molecule has 0 bridgehead atoms. The molecule has 0 aromatic heterocycles. The average Bonchev–Trinajstić information content (AvgIpc) is 3.34. The Morgan fingerprint density at radius 2 is 1.80 bits per heavy atom. The number of carbonyl (C=O) groups is 1. The first-order valence-corrected chi connectivity index (χ1v) is 10.6. The molecule has 3 nitrogen and oxygen atoms in total. The molecule has 0 heterocycles. The molecule has 0 spiro atoms. The molecule has 5 saturated carbocycles. The Morgan fingerprint density at radius 1 is 1.08 bits per heavy atom. The van der Waals surface area contributed by atoms with Gasteiger partial charge >= 0.3 is 0 Å². The highest BCUT2D eigenvalue weighted by Gasteiger charge is 2.75. The molecule has 0 saturated heterocycles. The zero-order valence-electron chi connectivity index (χ0n) is 16.2. The number of Topliss-reactive ketones (excluding diaryl/α,β-unsaturated/α-hetero) is 1.